The molecule has 1 aliphatic rings. The van der Waals surface area contributed by atoms with Gasteiger partial charge in [0.05, 0.1) is 11.8 Å². The fourth-order valence-electron chi connectivity index (χ4n) is 1.76. The molecule has 2 rings (SSSR count). The van der Waals surface area contributed by atoms with Crippen molar-refractivity contribution in [1.29, 1.82) is 0 Å². The summed E-state index contributed by atoms with van der Waals surface area (Å²) in [7, 11) is 0. The van der Waals surface area contributed by atoms with Crippen LogP contribution in [0.2, 0.25) is 0 Å². The Balaban J connectivity index is 2.01. The van der Waals surface area contributed by atoms with E-state index in [-0.39, 0.29) is 24.2 Å². The summed E-state index contributed by atoms with van der Waals surface area (Å²) in [6.07, 6.45) is -1.53. The van der Waals surface area contributed by atoms with Gasteiger partial charge in [-0.15, -0.1) is 0 Å². The molecule has 1 aromatic carbocycles. The van der Waals surface area contributed by atoms with Crippen LogP contribution in [0.5, 0.6) is 0 Å². The van der Waals surface area contributed by atoms with Crippen molar-refractivity contribution in [2.75, 3.05) is 6.54 Å². The normalized spacial score (nSPS) is 19.2. The Labute approximate surface area is 114 Å². The van der Waals surface area contributed by atoms with Gasteiger partial charge in [-0.25, -0.2) is 8.78 Å². The highest BCUT2D eigenvalue weighted by atomic mass is 19.1. The number of halogens is 2. The molecule has 1 amide bonds. The van der Waals surface area contributed by atoms with Crippen LogP contribution >= 0.6 is 0 Å². The number of nitrogens with one attached hydrogen (secondary N) is 1. The predicted molar refractivity (Wildman–Crippen MR) is 67.1 cm³/mol. The topological polar surface area (TPSA) is 70.9 Å². The first-order valence-corrected chi connectivity index (χ1v) is 6.11. The van der Waals surface area contributed by atoms with E-state index in [4.69, 9.17) is 9.94 Å². The second-order valence-electron chi connectivity index (χ2n) is 4.55. The number of oxime groups is 1. The third-order valence-corrected chi connectivity index (χ3v) is 2.77. The molecule has 0 bridgehead atoms. The molecule has 2 atom stereocenters. The van der Waals surface area contributed by atoms with Gasteiger partial charge in [-0.2, -0.15) is 0 Å². The molecule has 1 aliphatic heterocycles. The molecule has 1 aromatic rings. The second-order valence-corrected chi connectivity index (χ2v) is 4.55. The number of rotatable bonds is 4. The van der Waals surface area contributed by atoms with Gasteiger partial charge in [-0.3, -0.25) is 4.79 Å². The zero-order valence-electron chi connectivity index (χ0n) is 10.8. The third-order valence-electron chi connectivity index (χ3n) is 2.77. The number of aliphatic hydroxyl groups excluding tert-OH is 1. The van der Waals surface area contributed by atoms with Gasteiger partial charge in [0.1, 0.15) is 11.6 Å². The van der Waals surface area contributed by atoms with E-state index >= 15 is 0 Å². The molecule has 2 unspecified atom stereocenters. The van der Waals surface area contributed by atoms with E-state index in [1.54, 1.807) is 0 Å². The van der Waals surface area contributed by atoms with Crippen molar-refractivity contribution in [2.24, 2.45) is 5.16 Å². The lowest BCUT2D eigenvalue weighted by atomic mass is 10.0. The smallest absolute Gasteiger partial charge is 0.264 e. The molecule has 0 fully saturated rings. The van der Waals surface area contributed by atoms with Crippen LogP contribution in [0.3, 0.4) is 0 Å². The largest absolute Gasteiger partial charge is 0.392 e. The highest BCUT2D eigenvalue weighted by Gasteiger charge is 2.30. The van der Waals surface area contributed by atoms with Gasteiger partial charge in [0.25, 0.3) is 5.91 Å². The average Bonchev–Trinajstić information content (AvgIpc) is 2.88. The maximum Gasteiger partial charge on any atom is 0.264 e. The number of nitrogens with zero attached hydrogens (tertiary/aromatic N) is 1. The molecule has 2 N–H and O–H groups in total. The highest BCUT2D eigenvalue weighted by molar-refractivity contribution is 6.04. The fraction of sp³-hybridized carbons (Fsp3) is 0.385. The van der Waals surface area contributed by atoms with Crippen LogP contribution in [0.25, 0.3) is 0 Å². The minimum Gasteiger partial charge on any atom is -0.392 e. The van der Waals surface area contributed by atoms with E-state index in [9.17, 15) is 13.6 Å². The minimum atomic E-state index is -0.897. The Morgan fingerprint density at radius 2 is 2.35 bits per heavy atom. The minimum absolute atomic E-state index is 0.0178. The molecule has 20 heavy (non-hydrogen) atoms. The summed E-state index contributed by atoms with van der Waals surface area (Å²) in [4.78, 5) is 16.6. The summed E-state index contributed by atoms with van der Waals surface area (Å²) < 4.78 is 26.7. The Hall–Kier alpha value is -2.02. The molecule has 1 heterocycles. The van der Waals surface area contributed by atoms with Gasteiger partial charge >= 0.3 is 0 Å². The molecular weight excluding hydrogens is 270 g/mol. The summed E-state index contributed by atoms with van der Waals surface area (Å²) in [5.74, 6) is -1.67. The molecule has 0 spiro atoms. The molecule has 0 saturated carbocycles. The van der Waals surface area contributed by atoms with Crippen LogP contribution in [0.15, 0.2) is 23.4 Å². The summed E-state index contributed by atoms with van der Waals surface area (Å²) in [5.41, 5.74) is 0.162. The summed E-state index contributed by atoms with van der Waals surface area (Å²) in [6, 6.07) is 3.00. The Morgan fingerprint density at radius 1 is 1.60 bits per heavy atom. The summed E-state index contributed by atoms with van der Waals surface area (Å²) in [5, 5.41) is 15.2. The fourth-order valence-corrected chi connectivity index (χ4v) is 1.76. The van der Waals surface area contributed by atoms with E-state index in [1.807, 2.05) is 0 Å². The number of amides is 1. The lowest BCUT2D eigenvalue weighted by Gasteiger charge is -2.10. The van der Waals surface area contributed by atoms with Gasteiger partial charge in [0.2, 0.25) is 6.10 Å². The van der Waals surface area contributed by atoms with Crippen molar-refractivity contribution < 1.29 is 23.5 Å². The average molecular weight is 284 g/mol. The van der Waals surface area contributed by atoms with E-state index in [0.29, 0.717) is 0 Å². The maximum absolute atomic E-state index is 13.6. The van der Waals surface area contributed by atoms with Crippen molar-refractivity contribution in [3.8, 4) is 0 Å². The summed E-state index contributed by atoms with van der Waals surface area (Å²) in [6.45, 7) is 1.61. The van der Waals surface area contributed by atoms with Crippen LogP contribution in [-0.2, 0) is 9.63 Å². The van der Waals surface area contributed by atoms with Crippen molar-refractivity contribution in [3.05, 3.63) is 35.4 Å². The van der Waals surface area contributed by atoms with E-state index < -0.39 is 29.7 Å². The van der Waals surface area contributed by atoms with Crippen molar-refractivity contribution >= 4 is 11.6 Å². The Kier molecular flexibility index (Phi) is 4.29. The second kappa shape index (κ2) is 5.96. The molecule has 7 heteroatoms. The van der Waals surface area contributed by atoms with Crippen molar-refractivity contribution in [2.45, 2.75) is 25.6 Å². The first-order chi connectivity index (χ1) is 9.47. The first-order valence-electron chi connectivity index (χ1n) is 6.11. The van der Waals surface area contributed by atoms with Gasteiger partial charge in [0.15, 0.2) is 0 Å². The van der Waals surface area contributed by atoms with Crippen molar-refractivity contribution in [1.82, 2.24) is 5.32 Å². The van der Waals surface area contributed by atoms with Gasteiger partial charge < -0.3 is 15.3 Å². The number of carbonyl (C=O) groups excluding carboxylic acids is 1. The number of aliphatic hydroxyl groups is 1. The van der Waals surface area contributed by atoms with Crippen LogP contribution in [0.4, 0.5) is 8.78 Å². The van der Waals surface area contributed by atoms with Gasteiger partial charge in [-0.1, -0.05) is 5.16 Å². The van der Waals surface area contributed by atoms with Crippen LogP contribution in [0, 0.1) is 11.6 Å². The van der Waals surface area contributed by atoms with E-state index in [0.717, 1.165) is 18.2 Å². The predicted octanol–water partition coefficient (Wildman–Crippen LogP) is 0.955. The quantitative estimate of drug-likeness (QED) is 0.865. The Bertz CT molecular complexity index is 546. The number of hydrogen-bond donors (Lipinski definition) is 2. The molecule has 0 saturated heterocycles. The SMILES string of the molecule is CC(O)CNC(=O)C1CC(c2cc(F)ccc2F)=NO1. The molecular formula is C13H14F2N2O3. The van der Waals surface area contributed by atoms with Crippen molar-refractivity contribution in [3.63, 3.8) is 0 Å². The molecule has 5 nitrogen and oxygen atoms in total. The van der Waals surface area contributed by atoms with E-state index in [2.05, 4.69) is 10.5 Å². The number of benzene rings is 1. The van der Waals surface area contributed by atoms with Crippen LogP contribution in [-0.4, -0.2) is 35.5 Å². The van der Waals surface area contributed by atoms with E-state index in [1.165, 1.54) is 6.92 Å². The van der Waals surface area contributed by atoms with Gasteiger partial charge in [-0.05, 0) is 25.1 Å². The lowest BCUT2D eigenvalue weighted by Crippen LogP contribution is -2.38. The molecule has 108 valence electrons. The first kappa shape index (κ1) is 14.4. The molecule has 0 aromatic heterocycles. The highest BCUT2D eigenvalue weighted by Crippen LogP contribution is 2.20. The lowest BCUT2D eigenvalue weighted by molar-refractivity contribution is -0.131. The zero-order chi connectivity index (χ0) is 14.7. The monoisotopic (exact) mass is 284 g/mol. The molecule has 0 radical (unpaired) electrons. The van der Waals surface area contributed by atoms with Crippen LogP contribution in [0.1, 0.15) is 18.9 Å². The summed E-state index contributed by atoms with van der Waals surface area (Å²) >= 11 is 0. The molecule has 0 aliphatic carbocycles. The standard InChI is InChI=1S/C13H14F2N2O3/c1-7(18)6-16-13(19)12-5-11(17-20-12)9-4-8(14)2-3-10(9)15/h2-4,7,12,18H,5-6H2,1H3,(H,16,19). The maximum atomic E-state index is 13.6. The third kappa shape index (κ3) is 3.30. The zero-order valence-corrected chi connectivity index (χ0v) is 10.8. The Morgan fingerprint density at radius 3 is 3.05 bits per heavy atom. The van der Waals surface area contributed by atoms with Crippen LogP contribution < -0.4 is 5.32 Å². The number of carbonyl (C=O) groups is 1. The van der Waals surface area contributed by atoms with Gasteiger partial charge in [0, 0.05) is 18.5 Å². The number of hydrogen-bond acceptors (Lipinski definition) is 4.